The van der Waals surface area contributed by atoms with Gasteiger partial charge in [-0.2, -0.15) is 0 Å². The topological polar surface area (TPSA) is 24.1 Å². The molecule has 0 saturated carbocycles. The van der Waals surface area contributed by atoms with Crippen LogP contribution in [0.5, 0.6) is 0 Å². The number of halogens is 1. The first-order valence-corrected chi connectivity index (χ1v) is 6.15. The van der Waals surface area contributed by atoms with E-state index in [1.807, 2.05) is 12.1 Å². The van der Waals surface area contributed by atoms with Gasteiger partial charge in [-0.3, -0.25) is 0 Å². The number of hydrogen-bond donors (Lipinski definition) is 2. The molecule has 0 amide bonds. The number of nitrogens with one attached hydrogen (secondary N) is 2. The normalized spacial score (nSPS) is 20.4. The van der Waals surface area contributed by atoms with E-state index in [4.69, 9.17) is 11.6 Å². The molecule has 1 aromatic rings. The van der Waals surface area contributed by atoms with E-state index in [1.54, 1.807) is 0 Å². The second-order valence-electron chi connectivity index (χ2n) is 5.44. The van der Waals surface area contributed by atoms with E-state index >= 15 is 0 Å². The molecule has 1 unspecified atom stereocenters. The lowest BCUT2D eigenvalue weighted by Gasteiger charge is -2.31. The van der Waals surface area contributed by atoms with E-state index in [1.165, 1.54) is 0 Å². The molecule has 3 heteroatoms. The fraction of sp³-hybridized carbons (Fsp3) is 0.538. The average molecular weight is 239 g/mol. The maximum atomic E-state index is 6.23. The number of anilines is 2. The molecule has 1 heterocycles. The Morgan fingerprint density at radius 1 is 1.31 bits per heavy atom. The zero-order chi connectivity index (χ0) is 11.8. The molecule has 1 aliphatic heterocycles. The molecular weight excluding hydrogens is 220 g/mol. The molecule has 0 spiro atoms. The Morgan fingerprint density at radius 3 is 2.75 bits per heavy atom. The lowest BCUT2D eigenvalue weighted by Crippen LogP contribution is -2.34. The lowest BCUT2D eigenvalue weighted by molar-refractivity contribution is 0.332. The van der Waals surface area contributed by atoms with Crippen molar-refractivity contribution in [2.45, 2.75) is 33.2 Å². The van der Waals surface area contributed by atoms with Crippen molar-refractivity contribution in [2.24, 2.45) is 5.41 Å². The third kappa shape index (κ3) is 2.27. The van der Waals surface area contributed by atoms with Crippen LogP contribution >= 0.6 is 11.6 Å². The van der Waals surface area contributed by atoms with Crippen molar-refractivity contribution in [1.29, 1.82) is 0 Å². The van der Waals surface area contributed by atoms with Crippen LogP contribution in [0.2, 0.25) is 5.02 Å². The molecule has 0 aromatic heterocycles. The Balaban J connectivity index is 2.33. The van der Waals surface area contributed by atoms with Gasteiger partial charge in [-0.05, 0) is 24.0 Å². The minimum Gasteiger partial charge on any atom is -0.383 e. The standard InChI is InChI=1S/C13H19ClN2/c1-13(2,3)11-7-8-15-10-6-4-5-9(14)12(10)16-11/h4-6,11,15-16H,7-8H2,1-3H3. The molecule has 1 aliphatic rings. The van der Waals surface area contributed by atoms with Crippen LogP contribution in [0.4, 0.5) is 11.4 Å². The van der Waals surface area contributed by atoms with E-state index in [-0.39, 0.29) is 5.41 Å². The van der Waals surface area contributed by atoms with Gasteiger partial charge in [0.25, 0.3) is 0 Å². The van der Waals surface area contributed by atoms with Gasteiger partial charge in [0.15, 0.2) is 0 Å². The molecule has 0 bridgehead atoms. The zero-order valence-electron chi connectivity index (χ0n) is 10.1. The highest BCUT2D eigenvalue weighted by atomic mass is 35.5. The van der Waals surface area contributed by atoms with Gasteiger partial charge in [0.2, 0.25) is 0 Å². The van der Waals surface area contributed by atoms with E-state index in [0.29, 0.717) is 6.04 Å². The minimum atomic E-state index is 0.239. The summed E-state index contributed by atoms with van der Waals surface area (Å²) in [5, 5.41) is 7.79. The summed E-state index contributed by atoms with van der Waals surface area (Å²) in [5.74, 6) is 0. The highest BCUT2D eigenvalue weighted by molar-refractivity contribution is 6.34. The number of rotatable bonds is 0. The summed E-state index contributed by atoms with van der Waals surface area (Å²) in [7, 11) is 0. The average Bonchev–Trinajstić information content (AvgIpc) is 2.39. The second-order valence-corrected chi connectivity index (χ2v) is 5.85. The first-order valence-electron chi connectivity index (χ1n) is 5.77. The van der Waals surface area contributed by atoms with Gasteiger partial charge in [-0.15, -0.1) is 0 Å². The van der Waals surface area contributed by atoms with Gasteiger partial charge in [0.1, 0.15) is 0 Å². The lowest BCUT2D eigenvalue weighted by atomic mass is 9.85. The van der Waals surface area contributed by atoms with Crippen LogP contribution in [0, 0.1) is 5.41 Å². The van der Waals surface area contributed by atoms with Crippen LogP contribution in [0.1, 0.15) is 27.2 Å². The number of fused-ring (bicyclic) bond motifs is 1. The Bertz CT molecular complexity index is 382. The van der Waals surface area contributed by atoms with Crippen LogP contribution in [-0.4, -0.2) is 12.6 Å². The van der Waals surface area contributed by atoms with E-state index in [0.717, 1.165) is 29.4 Å². The van der Waals surface area contributed by atoms with Crippen molar-refractivity contribution in [1.82, 2.24) is 0 Å². The Labute approximate surface area is 102 Å². The van der Waals surface area contributed by atoms with Crippen LogP contribution in [0.3, 0.4) is 0 Å². The van der Waals surface area contributed by atoms with Crippen LogP contribution in [-0.2, 0) is 0 Å². The fourth-order valence-corrected chi connectivity index (χ4v) is 2.29. The maximum absolute atomic E-state index is 6.23. The van der Waals surface area contributed by atoms with Crippen molar-refractivity contribution in [3.8, 4) is 0 Å². The number of hydrogen-bond acceptors (Lipinski definition) is 2. The molecule has 2 nitrogen and oxygen atoms in total. The molecule has 88 valence electrons. The Hall–Kier alpha value is -0.890. The second kappa shape index (κ2) is 4.17. The molecule has 1 atom stereocenters. The van der Waals surface area contributed by atoms with Crippen molar-refractivity contribution in [2.75, 3.05) is 17.2 Å². The quantitative estimate of drug-likeness (QED) is 0.715. The van der Waals surface area contributed by atoms with Crippen molar-refractivity contribution in [3.63, 3.8) is 0 Å². The molecule has 0 aliphatic carbocycles. The van der Waals surface area contributed by atoms with Gasteiger partial charge in [0, 0.05) is 12.6 Å². The highest BCUT2D eigenvalue weighted by Gasteiger charge is 2.27. The first kappa shape index (κ1) is 11.6. The zero-order valence-corrected chi connectivity index (χ0v) is 10.9. The molecular formula is C13H19ClN2. The Morgan fingerprint density at radius 2 is 2.06 bits per heavy atom. The summed E-state index contributed by atoms with van der Waals surface area (Å²) < 4.78 is 0. The van der Waals surface area contributed by atoms with Crippen molar-refractivity contribution < 1.29 is 0 Å². The maximum Gasteiger partial charge on any atom is 0.0767 e. The largest absolute Gasteiger partial charge is 0.383 e. The summed E-state index contributed by atoms with van der Waals surface area (Å²) in [6.45, 7) is 7.76. The monoisotopic (exact) mass is 238 g/mol. The molecule has 0 fully saturated rings. The third-order valence-electron chi connectivity index (χ3n) is 3.13. The van der Waals surface area contributed by atoms with E-state index in [9.17, 15) is 0 Å². The summed E-state index contributed by atoms with van der Waals surface area (Å²) in [4.78, 5) is 0. The van der Waals surface area contributed by atoms with Crippen molar-refractivity contribution in [3.05, 3.63) is 23.2 Å². The first-order chi connectivity index (χ1) is 7.48. The van der Waals surface area contributed by atoms with Crippen LogP contribution < -0.4 is 10.6 Å². The summed E-state index contributed by atoms with van der Waals surface area (Å²) >= 11 is 6.23. The third-order valence-corrected chi connectivity index (χ3v) is 3.44. The van der Waals surface area contributed by atoms with Gasteiger partial charge in [-0.1, -0.05) is 38.4 Å². The predicted octanol–water partition coefficient (Wildman–Crippen LogP) is 3.98. The van der Waals surface area contributed by atoms with Crippen LogP contribution in [0.25, 0.3) is 0 Å². The molecule has 16 heavy (non-hydrogen) atoms. The molecule has 1 aromatic carbocycles. The summed E-state index contributed by atoms with van der Waals surface area (Å²) in [6, 6.07) is 6.42. The minimum absolute atomic E-state index is 0.239. The van der Waals surface area contributed by atoms with Gasteiger partial charge in [0.05, 0.1) is 16.4 Å². The van der Waals surface area contributed by atoms with Gasteiger partial charge < -0.3 is 10.6 Å². The summed E-state index contributed by atoms with van der Waals surface area (Å²) in [5.41, 5.74) is 2.39. The SMILES string of the molecule is CC(C)(C)C1CCNc2cccc(Cl)c2N1. The number of para-hydroxylation sites is 1. The van der Waals surface area contributed by atoms with Gasteiger partial charge in [-0.25, -0.2) is 0 Å². The Kier molecular flexibility index (Phi) is 3.02. The fourth-order valence-electron chi connectivity index (χ4n) is 2.07. The summed E-state index contributed by atoms with van der Waals surface area (Å²) in [6.07, 6.45) is 1.11. The number of benzene rings is 1. The molecule has 0 radical (unpaired) electrons. The van der Waals surface area contributed by atoms with E-state index in [2.05, 4.69) is 37.5 Å². The van der Waals surface area contributed by atoms with Gasteiger partial charge >= 0.3 is 0 Å². The molecule has 2 rings (SSSR count). The molecule has 0 saturated heterocycles. The van der Waals surface area contributed by atoms with Crippen LogP contribution in [0.15, 0.2) is 18.2 Å². The highest BCUT2D eigenvalue weighted by Crippen LogP contribution is 2.36. The van der Waals surface area contributed by atoms with Crippen molar-refractivity contribution >= 4 is 23.0 Å². The molecule has 2 N–H and O–H groups in total. The predicted molar refractivity (Wildman–Crippen MR) is 71.4 cm³/mol. The smallest absolute Gasteiger partial charge is 0.0767 e. The van der Waals surface area contributed by atoms with E-state index < -0.39 is 0 Å².